The van der Waals surface area contributed by atoms with E-state index >= 15 is 0 Å². The number of para-hydroxylation sites is 1. The molecule has 0 saturated heterocycles. The highest BCUT2D eigenvalue weighted by Crippen LogP contribution is 2.30. The molecule has 5 heteroatoms. The predicted molar refractivity (Wildman–Crippen MR) is 85.0 cm³/mol. The van der Waals surface area contributed by atoms with Crippen molar-refractivity contribution in [3.05, 3.63) is 58.1 Å². The number of nitrogens with one attached hydrogen (secondary N) is 2. The second-order valence-corrected chi connectivity index (χ2v) is 4.92. The van der Waals surface area contributed by atoms with Crippen molar-refractivity contribution in [2.45, 2.75) is 6.92 Å². The molecule has 2 aromatic rings. The van der Waals surface area contributed by atoms with Gasteiger partial charge in [-0.25, -0.2) is 0 Å². The van der Waals surface area contributed by atoms with Gasteiger partial charge in [0, 0.05) is 12.2 Å². The smallest absolute Gasteiger partial charge is 0.257 e. The quantitative estimate of drug-likeness (QED) is 0.861. The number of hydrogen-bond acceptors (Lipinski definition) is 2. The van der Waals surface area contributed by atoms with Gasteiger partial charge < -0.3 is 10.6 Å². The Morgan fingerprint density at radius 3 is 2.50 bits per heavy atom. The second-order valence-electron chi connectivity index (χ2n) is 4.13. The number of benzene rings is 2. The van der Waals surface area contributed by atoms with Crippen LogP contribution in [0.5, 0.6) is 0 Å². The summed E-state index contributed by atoms with van der Waals surface area (Å²) in [7, 11) is 0. The summed E-state index contributed by atoms with van der Waals surface area (Å²) >= 11 is 12.0. The molecule has 0 aliphatic heterocycles. The van der Waals surface area contributed by atoms with E-state index in [1.165, 1.54) is 0 Å². The maximum absolute atomic E-state index is 12.3. The van der Waals surface area contributed by atoms with Gasteiger partial charge in [-0.15, -0.1) is 0 Å². The molecule has 2 rings (SSSR count). The molecule has 2 N–H and O–H groups in total. The number of carbonyl (C=O) groups excluding carboxylic acids is 1. The minimum absolute atomic E-state index is 0.231. The van der Waals surface area contributed by atoms with Gasteiger partial charge in [-0.2, -0.15) is 0 Å². The molecule has 0 aliphatic carbocycles. The van der Waals surface area contributed by atoms with Gasteiger partial charge in [-0.05, 0) is 31.2 Å². The van der Waals surface area contributed by atoms with Gasteiger partial charge in [0.2, 0.25) is 0 Å². The zero-order valence-corrected chi connectivity index (χ0v) is 12.4. The third-order valence-corrected chi connectivity index (χ3v) is 3.56. The Labute approximate surface area is 127 Å². The molecule has 1 amide bonds. The molecule has 0 aromatic heterocycles. The number of rotatable bonds is 4. The van der Waals surface area contributed by atoms with Crippen LogP contribution < -0.4 is 10.6 Å². The van der Waals surface area contributed by atoms with Gasteiger partial charge in [0.15, 0.2) is 0 Å². The topological polar surface area (TPSA) is 41.1 Å². The lowest BCUT2D eigenvalue weighted by molar-refractivity contribution is 0.102. The molecule has 0 fully saturated rings. The minimum atomic E-state index is -0.231. The van der Waals surface area contributed by atoms with Crippen molar-refractivity contribution < 1.29 is 4.79 Å². The fourth-order valence-electron chi connectivity index (χ4n) is 1.82. The highest BCUT2D eigenvalue weighted by molar-refractivity contribution is 6.44. The van der Waals surface area contributed by atoms with Gasteiger partial charge in [-0.1, -0.05) is 41.4 Å². The number of halogens is 2. The van der Waals surface area contributed by atoms with Crippen LogP contribution in [0.25, 0.3) is 0 Å². The molecule has 0 radical (unpaired) electrons. The second kappa shape index (κ2) is 6.64. The first kappa shape index (κ1) is 14.7. The third-order valence-electron chi connectivity index (χ3n) is 2.74. The van der Waals surface area contributed by atoms with Crippen molar-refractivity contribution >= 4 is 40.5 Å². The van der Waals surface area contributed by atoms with Crippen molar-refractivity contribution in [1.82, 2.24) is 0 Å². The Hall–Kier alpha value is -1.71. The van der Waals surface area contributed by atoms with Crippen molar-refractivity contribution in [1.29, 1.82) is 0 Å². The summed E-state index contributed by atoms with van der Waals surface area (Å²) in [4.78, 5) is 12.3. The molecule has 0 unspecified atom stereocenters. The lowest BCUT2D eigenvalue weighted by atomic mass is 10.1. The Morgan fingerprint density at radius 2 is 1.75 bits per heavy atom. The zero-order valence-electron chi connectivity index (χ0n) is 10.9. The molecule has 0 saturated carbocycles. The van der Waals surface area contributed by atoms with E-state index in [0.29, 0.717) is 21.3 Å². The normalized spacial score (nSPS) is 10.2. The predicted octanol–water partition coefficient (Wildman–Crippen LogP) is 4.68. The average Bonchev–Trinajstić information content (AvgIpc) is 2.45. The van der Waals surface area contributed by atoms with E-state index in [0.717, 1.165) is 12.2 Å². The molecule has 3 nitrogen and oxygen atoms in total. The first-order chi connectivity index (χ1) is 9.63. The van der Waals surface area contributed by atoms with Gasteiger partial charge in [0.05, 0.1) is 21.3 Å². The Balaban J connectivity index is 2.26. The molecule has 2 aromatic carbocycles. The summed E-state index contributed by atoms with van der Waals surface area (Å²) in [5.41, 5.74) is 1.84. The van der Waals surface area contributed by atoms with Crippen molar-refractivity contribution in [3.8, 4) is 0 Å². The maximum atomic E-state index is 12.3. The van der Waals surface area contributed by atoms with Crippen LogP contribution >= 0.6 is 23.2 Å². The molecule has 20 heavy (non-hydrogen) atoms. The average molecular weight is 309 g/mol. The fraction of sp³-hybridized carbons (Fsp3) is 0.133. The van der Waals surface area contributed by atoms with Crippen molar-refractivity contribution in [2.75, 3.05) is 17.2 Å². The van der Waals surface area contributed by atoms with Crippen LogP contribution in [-0.2, 0) is 0 Å². The monoisotopic (exact) mass is 308 g/mol. The van der Waals surface area contributed by atoms with Crippen LogP contribution in [-0.4, -0.2) is 12.5 Å². The van der Waals surface area contributed by atoms with E-state index in [-0.39, 0.29) is 5.91 Å². The Bertz CT molecular complexity index is 629. The van der Waals surface area contributed by atoms with Gasteiger partial charge in [0.25, 0.3) is 5.91 Å². The zero-order chi connectivity index (χ0) is 14.5. The summed E-state index contributed by atoms with van der Waals surface area (Å²) in [5, 5.41) is 6.66. The van der Waals surface area contributed by atoms with Crippen LogP contribution in [0, 0.1) is 0 Å². The summed E-state index contributed by atoms with van der Waals surface area (Å²) in [6.45, 7) is 2.71. The van der Waals surface area contributed by atoms with Gasteiger partial charge in [0.1, 0.15) is 0 Å². The fourth-order valence-corrected chi connectivity index (χ4v) is 2.16. The maximum Gasteiger partial charge on any atom is 0.257 e. The first-order valence-corrected chi connectivity index (χ1v) is 6.97. The highest BCUT2D eigenvalue weighted by atomic mass is 35.5. The molecule has 0 aliphatic rings. The Kier molecular flexibility index (Phi) is 4.88. The van der Waals surface area contributed by atoms with Crippen LogP contribution in [0.2, 0.25) is 10.0 Å². The van der Waals surface area contributed by atoms with E-state index in [1.54, 1.807) is 24.3 Å². The van der Waals surface area contributed by atoms with Crippen LogP contribution in [0.15, 0.2) is 42.5 Å². The lowest BCUT2D eigenvalue weighted by Crippen LogP contribution is -2.15. The molecule has 0 atom stereocenters. The number of hydrogen-bond donors (Lipinski definition) is 2. The van der Waals surface area contributed by atoms with Gasteiger partial charge in [-0.3, -0.25) is 4.79 Å². The SMILES string of the molecule is CCNc1ccccc1C(=O)Nc1cccc(Cl)c1Cl. The number of carbonyl (C=O) groups is 1. The van der Waals surface area contributed by atoms with Gasteiger partial charge >= 0.3 is 0 Å². The standard InChI is InChI=1S/C15H14Cl2N2O/c1-2-18-12-8-4-3-6-10(12)15(20)19-13-9-5-7-11(16)14(13)17/h3-9,18H,2H2,1H3,(H,19,20). The summed E-state index contributed by atoms with van der Waals surface area (Å²) in [6.07, 6.45) is 0. The number of amides is 1. The molecule has 0 spiro atoms. The molecular formula is C15H14Cl2N2O. The Morgan fingerprint density at radius 1 is 1.05 bits per heavy atom. The van der Waals surface area contributed by atoms with Crippen LogP contribution in [0.1, 0.15) is 17.3 Å². The van der Waals surface area contributed by atoms with E-state index in [2.05, 4.69) is 10.6 Å². The first-order valence-electron chi connectivity index (χ1n) is 6.21. The van der Waals surface area contributed by atoms with E-state index in [4.69, 9.17) is 23.2 Å². The van der Waals surface area contributed by atoms with Crippen LogP contribution in [0.3, 0.4) is 0 Å². The van der Waals surface area contributed by atoms with Crippen LogP contribution in [0.4, 0.5) is 11.4 Å². The highest BCUT2D eigenvalue weighted by Gasteiger charge is 2.13. The lowest BCUT2D eigenvalue weighted by Gasteiger charge is -2.12. The largest absolute Gasteiger partial charge is 0.385 e. The summed E-state index contributed by atoms with van der Waals surface area (Å²) in [6, 6.07) is 12.4. The molecule has 0 bridgehead atoms. The van der Waals surface area contributed by atoms with E-state index in [9.17, 15) is 4.79 Å². The third kappa shape index (κ3) is 3.24. The number of anilines is 2. The summed E-state index contributed by atoms with van der Waals surface area (Å²) < 4.78 is 0. The van der Waals surface area contributed by atoms with Crippen molar-refractivity contribution in [2.24, 2.45) is 0 Å². The summed E-state index contributed by atoms with van der Waals surface area (Å²) in [5.74, 6) is -0.231. The minimum Gasteiger partial charge on any atom is -0.385 e. The molecular weight excluding hydrogens is 295 g/mol. The van der Waals surface area contributed by atoms with E-state index in [1.807, 2.05) is 25.1 Å². The molecule has 0 heterocycles. The molecule has 104 valence electrons. The van der Waals surface area contributed by atoms with E-state index < -0.39 is 0 Å². The van der Waals surface area contributed by atoms with Crippen molar-refractivity contribution in [3.63, 3.8) is 0 Å².